The number of aromatic nitrogens is 1. The fourth-order valence-corrected chi connectivity index (χ4v) is 2.27. The molecule has 80 valence electrons. The summed E-state index contributed by atoms with van der Waals surface area (Å²) >= 11 is 7.93. The molecular formula is C11H18ClNS. The molecule has 1 aromatic rings. The van der Waals surface area contributed by atoms with Gasteiger partial charge in [0.2, 0.25) is 0 Å². The van der Waals surface area contributed by atoms with Crippen LogP contribution in [0.2, 0.25) is 0 Å². The van der Waals surface area contributed by atoms with E-state index in [1.807, 2.05) is 6.92 Å². The lowest BCUT2D eigenvalue weighted by Crippen LogP contribution is -2.07. The number of alkyl halides is 1. The summed E-state index contributed by atoms with van der Waals surface area (Å²) in [6.45, 7) is 6.38. The van der Waals surface area contributed by atoms with Gasteiger partial charge in [-0.2, -0.15) is 0 Å². The highest BCUT2D eigenvalue weighted by atomic mass is 35.5. The van der Waals surface area contributed by atoms with E-state index in [1.165, 1.54) is 5.01 Å². The molecule has 1 atom stereocenters. The first-order valence-corrected chi connectivity index (χ1v) is 6.46. The van der Waals surface area contributed by atoms with Crippen LogP contribution in [-0.4, -0.2) is 10.4 Å². The Morgan fingerprint density at radius 3 is 2.71 bits per heavy atom. The lowest BCUT2D eigenvalue weighted by atomic mass is 10.0. The third-order valence-electron chi connectivity index (χ3n) is 2.26. The molecule has 0 bridgehead atoms. The van der Waals surface area contributed by atoms with Crippen LogP contribution < -0.4 is 0 Å². The molecule has 1 nitrogen and oxygen atoms in total. The standard InChI is InChI=1S/C11H18ClNS/c1-8(2)10(12)5-4-6-11-13-9(3)7-14-11/h7-8,10H,4-6H2,1-3H3. The number of rotatable bonds is 5. The minimum atomic E-state index is 0.316. The zero-order chi connectivity index (χ0) is 10.6. The Morgan fingerprint density at radius 1 is 1.50 bits per heavy atom. The molecule has 1 unspecified atom stereocenters. The van der Waals surface area contributed by atoms with Crippen LogP contribution in [0.1, 0.15) is 37.4 Å². The fraction of sp³-hybridized carbons (Fsp3) is 0.727. The molecule has 0 aromatic carbocycles. The molecule has 1 rings (SSSR count). The van der Waals surface area contributed by atoms with Gasteiger partial charge in [-0.05, 0) is 32.1 Å². The van der Waals surface area contributed by atoms with Gasteiger partial charge in [-0.3, -0.25) is 0 Å². The molecule has 0 radical (unpaired) electrons. The van der Waals surface area contributed by atoms with Crippen LogP contribution in [0, 0.1) is 12.8 Å². The Hall–Kier alpha value is -0.0800. The lowest BCUT2D eigenvalue weighted by molar-refractivity contribution is 0.547. The van der Waals surface area contributed by atoms with Crippen molar-refractivity contribution in [1.29, 1.82) is 0 Å². The van der Waals surface area contributed by atoms with Crippen LogP contribution in [0.15, 0.2) is 5.38 Å². The van der Waals surface area contributed by atoms with Gasteiger partial charge >= 0.3 is 0 Å². The van der Waals surface area contributed by atoms with Crippen LogP contribution in [0.3, 0.4) is 0 Å². The first-order valence-electron chi connectivity index (χ1n) is 5.14. The maximum atomic E-state index is 6.17. The van der Waals surface area contributed by atoms with Crippen molar-refractivity contribution < 1.29 is 0 Å². The summed E-state index contributed by atoms with van der Waals surface area (Å²) < 4.78 is 0. The van der Waals surface area contributed by atoms with Crippen molar-refractivity contribution >= 4 is 22.9 Å². The minimum Gasteiger partial charge on any atom is -0.247 e. The predicted molar refractivity (Wildman–Crippen MR) is 64.3 cm³/mol. The number of hydrogen-bond donors (Lipinski definition) is 0. The molecule has 0 amide bonds. The minimum absolute atomic E-state index is 0.316. The van der Waals surface area contributed by atoms with Gasteiger partial charge in [0.15, 0.2) is 0 Å². The van der Waals surface area contributed by atoms with Crippen molar-refractivity contribution in [3.63, 3.8) is 0 Å². The Morgan fingerprint density at radius 2 is 2.21 bits per heavy atom. The van der Waals surface area contributed by atoms with Gasteiger partial charge in [-0.25, -0.2) is 4.98 Å². The molecule has 0 aliphatic rings. The first-order chi connectivity index (χ1) is 6.59. The van der Waals surface area contributed by atoms with E-state index in [0.717, 1.165) is 25.0 Å². The maximum absolute atomic E-state index is 6.17. The average Bonchev–Trinajstić information content (AvgIpc) is 2.51. The SMILES string of the molecule is Cc1csc(CCCC(Cl)C(C)C)n1. The molecule has 0 saturated heterocycles. The van der Waals surface area contributed by atoms with Crippen LogP contribution in [0.4, 0.5) is 0 Å². The van der Waals surface area contributed by atoms with Gasteiger partial charge in [0.05, 0.1) is 5.01 Å². The van der Waals surface area contributed by atoms with E-state index in [2.05, 4.69) is 24.2 Å². The number of hydrogen-bond acceptors (Lipinski definition) is 2. The molecule has 0 aliphatic heterocycles. The van der Waals surface area contributed by atoms with Crippen LogP contribution in [-0.2, 0) is 6.42 Å². The number of halogens is 1. The first kappa shape index (κ1) is 12.0. The lowest BCUT2D eigenvalue weighted by Gasteiger charge is -2.11. The summed E-state index contributed by atoms with van der Waals surface area (Å²) in [7, 11) is 0. The summed E-state index contributed by atoms with van der Waals surface area (Å²) in [6.07, 6.45) is 3.32. The van der Waals surface area contributed by atoms with Crippen molar-refractivity contribution in [3.8, 4) is 0 Å². The van der Waals surface area contributed by atoms with Crippen molar-refractivity contribution in [2.45, 2.75) is 45.4 Å². The average molecular weight is 232 g/mol. The predicted octanol–water partition coefficient (Wildman–Crippen LogP) is 4.04. The van der Waals surface area contributed by atoms with Crippen LogP contribution in [0.25, 0.3) is 0 Å². The molecule has 14 heavy (non-hydrogen) atoms. The van der Waals surface area contributed by atoms with Crippen molar-refractivity contribution in [2.75, 3.05) is 0 Å². The zero-order valence-corrected chi connectivity index (χ0v) is 10.7. The van der Waals surface area contributed by atoms with Gasteiger partial charge in [-0.15, -0.1) is 22.9 Å². The summed E-state index contributed by atoms with van der Waals surface area (Å²) in [5.41, 5.74) is 1.14. The highest BCUT2D eigenvalue weighted by Gasteiger charge is 2.09. The highest BCUT2D eigenvalue weighted by molar-refractivity contribution is 7.09. The molecule has 1 heterocycles. The molecule has 0 N–H and O–H groups in total. The summed E-state index contributed by atoms with van der Waals surface area (Å²) in [4.78, 5) is 4.43. The van der Waals surface area contributed by atoms with E-state index < -0.39 is 0 Å². The molecule has 3 heteroatoms. The van der Waals surface area contributed by atoms with Gasteiger partial charge in [0.25, 0.3) is 0 Å². The van der Waals surface area contributed by atoms with E-state index in [9.17, 15) is 0 Å². The van der Waals surface area contributed by atoms with E-state index in [0.29, 0.717) is 11.3 Å². The molecule has 0 spiro atoms. The monoisotopic (exact) mass is 231 g/mol. The van der Waals surface area contributed by atoms with E-state index in [-0.39, 0.29) is 0 Å². The Labute approximate surface area is 95.5 Å². The van der Waals surface area contributed by atoms with Crippen molar-refractivity contribution in [3.05, 3.63) is 16.1 Å². The number of aryl methyl sites for hydroxylation is 2. The van der Waals surface area contributed by atoms with Gasteiger partial charge < -0.3 is 0 Å². The third-order valence-corrected chi connectivity index (χ3v) is 4.01. The smallest absolute Gasteiger partial charge is 0.0928 e. The van der Waals surface area contributed by atoms with Gasteiger partial charge in [-0.1, -0.05) is 13.8 Å². The maximum Gasteiger partial charge on any atom is 0.0928 e. The summed E-state index contributed by atoms with van der Waals surface area (Å²) in [5.74, 6) is 0.578. The Bertz CT molecular complexity index is 270. The Balaban J connectivity index is 2.22. The van der Waals surface area contributed by atoms with Crippen LogP contribution >= 0.6 is 22.9 Å². The van der Waals surface area contributed by atoms with E-state index in [4.69, 9.17) is 11.6 Å². The topological polar surface area (TPSA) is 12.9 Å². The van der Waals surface area contributed by atoms with Crippen molar-refractivity contribution in [1.82, 2.24) is 4.98 Å². The van der Waals surface area contributed by atoms with E-state index >= 15 is 0 Å². The quantitative estimate of drug-likeness (QED) is 0.697. The molecule has 0 saturated carbocycles. The fourth-order valence-electron chi connectivity index (χ4n) is 1.30. The molecule has 1 aromatic heterocycles. The summed E-state index contributed by atoms with van der Waals surface area (Å²) in [5, 5.41) is 3.67. The van der Waals surface area contributed by atoms with Gasteiger partial charge in [0.1, 0.15) is 0 Å². The van der Waals surface area contributed by atoms with Crippen molar-refractivity contribution in [2.24, 2.45) is 5.92 Å². The Kier molecular flexibility index (Phi) is 4.90. The normalized spacial score (nSPS) is 13.5. The summed E-state index contributed by atoms with van der Waals surface area (Å²) in [6, 6.07) is 0. The highest BCUT2D eigenvalue weighted by Crippen LogP contribution is 2.18. The van der Waals surface area contributed by atoms with E-state index in [1.54, 1.807) is 11.3 Å². The van der Waals surface area contributed by atoms with Gasteiger partial charge in [0, 0.05) is 16.5 Å². The molecule has 0 fully saturated rings. The largest absolute Gasteiger partial charge is 0.247 e. The van der Waals surface area contributed by atoms with Crippen LogP contribution in [0.5, 0.6) is 0 Å². The second-order valence-electron chi connectivity index (χ2n) is 4.03. The zero-order valence-electron chi connectivity index (χ0n) is 9.09. The number of nitrogens with zero attached hydrogens (tertiary/aromatic N) is 1. The second-order valence-corrected chi connectivity index (χ2v) is 5.54. The number of thiazole rings is 1. The molecule has 0 aliphatic carbocycles. The third kappa shape index (κ3) is 3.97. The second kappa shape index (κ2) is 5.72. The molecular weight excluding hydrogens is 214 g/mol.